The summed E-state index contributed by atoms with van der Waals surface area (Å²) in [5.74, 6) is 1.94. The number of hydrogen-bond acceptors (Lipinski definition) is 0. The van der Waals surface area contributed by atoms with Crippen LogP contribution in [0, 0.1) is 11.8 Å². The first kappa shape index (κ1) is 20.2. The van der Waals surface area contributed by atoms with E-state index in [1.54, 1.807) is 0 Å². The van der Waals surface area contributed by atoms with Crippen molar-refractivity contribution in [3.63, 3.8) is 0 Å². The molecule has 0 aromatic heterocycles. The fourth-order valence-corrected chi connectivity index (χ4v) is 4.86. The second-order valence-electron chi connectivity index (χ2n) is 8.70. The van der Waals surface area contributed by atoms with Crippen molar-refractivity contribution in [1.82, 2.24) is 0 Å². The molecule has 0 N–H and O–H groups in total. The molecule has 3 rings (SSSR count). The molecule has 0 radical (unpaired) electrons. The van der Waals surface area contributed by atoms with Crippen molar-refractivity contribution in [2.24, 2.45) is 11.8 Å². The van der Waals surface area contributed by atoms with Gasteiger partial charge in [-0.2, -0.15) is 0 Å². The Bertz CT molecular complexity index is 594. The Balaban J connectivity index is 1.43. The monoisotopic (exact) mass is 362 g/mol. The predicted octanol–water partition coefficient (Wildman–Crippen LogP) is 8.01. The van der Waals surface area contributed by atoms with Crippen molar-refractivity contribution < 1.29 is 0 Å². The van der Waals surface area contributed by atoms with E-state index in [0.717, 1.165) is 11.8 Å². The lowest BCUT2D eigenvalue weighted by atomic mass is 9.83. The molecule has 0 saturated heterocycles. The van der Waals surface area contributed by atoms with Crippen LogP contribution in [0.25, 0.3) is 0 Å². The molecular weight excluding hydrogens is 324 g/mol. The minimum absolute atomic E-state index is 0.900. The van der Waals surface area contributed by atoms with Crippen LogP contribution in [-0.2, 0) is 12.8 Å². The zero-order valence-corrected chi connectivity index (χ0v) is 17.1. The van der Waals surface area contributed by atoms with Crippen LogP contribution >= 0.6 is 0 Å². The smallest absolute Gasteiger partial charge is 0.0276 e. The fraction of sp³-hybridized carbons (Fsp3) is 0.556. The van der Waals surface area contributed by atoms with E-state index in [2.05, 4.69) is 60.7 Å². The molecule has 2 aromatic carbocycles. The number of aryl methyl sites for hydroxylation is 2. The summed E-state index contributed by atoms with van der Waals surface area (Å²) in [5, 5.41) is 0. The van der Waals surface area contributed by atoms with E-state index in [-0.39, 0.29) is 0 Å². The zero-order chi connectivity index (χ0) is 18.6. The van der Waals surface area contributed by atoms with E-state index in [1.807, 2.05) is 0 Å². The minimum Gasteiger partial charge on any atom is -0.0622 e. The second kappa shape index (κ2) is 12.0. The van der Waals surface area contributed by atoms with E-state index in [4.69, 9.17) is 0 Å². The largest absolute Gasteiger partial charge is 0.0622 e. The second-order valence-corrected chi connectivity index (χ2v) is 8.70. The summed E-state index contributed by atoms with van der Waals surface area (Å²) in [7, 11) is 0. The highest BCUT2D eigenvalue weighted by molar-refractivity contribution is 5.15. The Morgan fingerprint density at radius 2 is 1.22 bits per heavy atom. The molecule has 0 bridgehead atoms. The van der Waals surface area contributed by atoms with Gasteiger partial charge in [-0.05, 0) is 48.6 Å². The maximum absolute atomic E-state index is 2.29. The minimum atomic E-state index is 0.900. The third-order valence-electron chi connectivity index (χ3n) is 6.55. The fourth-order valence-electron chi connectivity index (χ4n) is 4.86. The highest BCUT2D eigenvalue weighted by Gasteiger charge is 2.15. The molecule has 1 aliphatic rings. The van der Waals surface area contributed by atoms with Crippen LogP contribution in [-0.4, -0.2) is 0 Å². The third kappa shape index (κ3) is 7.91. The van der Waals surface area contributed by atoms with Crippen LogP contribution in [0.3, 0.4) is 0 Å². The van der Waals surface area contributed by atoms with Crippen LogP contribution in [0.15, 0.2) is 60.7 Å². The summed E-state index contributed by atoms with van der Waals surface area (Å²) in [5.41, 5.74) is 3.01. The summed E-state index contributed by atoms with van der Waals surface area (Å²) < 4.78 is 0. The van der Waals surface area contributed by atoms with Crippen molar-refractivity contribution in [2.75, 3.05) is 0 Å². The van der Waals surface area contributed by atoms with Crippen molar-refractivity contribution in [3.8, 4) is 0 Å². The molecule has 0 spiro atoms. The number of hydrogen-bond donors (Lipinski definition) is 0. The lowest BCUT2D eigenvalue weighted by Crippen LogP contribution is -2.08. The number of rotatable bonds is 11. The topological polar surface area (TPSA) is 0 Å². The lowest BCUT2D eigenvalue weighted by Gasteiger charge is -2.23. The first-order valence-corrected chi connectivity index (χ1v) is 11.5. The Labute approximate surface area is 167 Å². The predicted molar refractivity (Wildman–Crippen MR) is 118 cm³/mol. The third-order valence-corrected chi connectivity index (χ3v) is 6.55. The van der Waals surface area contributed by atoms with Crippen LogP contribution < -0.4 is 0 Å². The van der Waals surface area contributed by atoms with Gasteiger partial charge < -0.3 is 0 Å². The normalized spacial score (nSPS) is 16.3. The molecule has 0 aliphatic heterocycles. The molecule has 27 heavy (non-hydrogen) atoms. The van der Waals surface area contributed by atoms with Gasteiger partial charge in [0.15, 0.2) is 0 Å². The molecule has 0 heteroatoms. The first-order chi connectivity index (χ1) is 13.4. The van der Waals surface area contributed by atoms with Gasteiger partial charge in [-0.15, -0.1) is 0 Å². The van der Waals surface area contributed by atoms with E-state index < -0.39 is 0 Å². The van der Waals surface area contributed by atoms with Crippen molar-refractivity contribution in [1.29, 1.82) is 0 Å². The first-order valence-electron chi connectivity index (χ1n) is 11.5. The van der Waals surface area contributed by atoms with Crippen molar-refractivity contribution >= 4 is 0 Å². The zero-order valence-electron chi connectivity index (χ0n) is 17.1. The highest BCUT2D eigenvalue weighted by Crippen LogP contribution is 2.30. The Kier molecular flexibility index (Phi) is 8.98. The average Bonchev–Trinajstić information content (AvgIpc) is 2.74. The van der Waals surface area contributed by atoms with Crippen LogP contribution in [0.1, 0.15) is 81.8 Å². The summed E-state index contributed by atoms with van der Waals surface area (Å²) in [6.07, 6.45) is 18.4. The molecule has 146 valence electrons. The van der Waals surface area contributed by atoms with E-state index >= 15 is 0 Å². The SMILES string of the molecule is c1ccc(CCCC(CCCC2CCCCC2)CCc2ccccc2)cc1. The standard InChI is InChI=1S/C27H38/c1-4-12-24(13-5-1)18-10-20-27(23-22-26-16-8-3-9-17-26)21-11-19-25-14-6-2-7-15-25/h1,3-5,8-9,12-13,16-17,25,27H,2,6-7,10-11,14-15,18-23H2. The van der Waals surface area contributed by atoms with E-state index in [9.17, 15) is 0 Å². The van der Waals surface area contributed by atoms with Gasteiger partial charge in [0.1, 0.15) is 0 Å². The maximum atomic E-state index is 2.29. The number of benzene rings is 2. The Morgan fingerprint density at radius 3 is 1.89 bits per heavy atom. The molecule has 1 aliphatic carbocycles. The van der Waals surface area contributed by atoms with E-state index in [0.29, 0.717) is 0 Å². The summed E-state index contributed by atoms with van der Waals surface area (Å²) in [6.45, 7) is 0. The van der Waals surface area contributed by atoms with E-state index in [1.165, 1.54) is 94.6 Å². The highest BCUT2D eigenvalue weighted by atomic mass is 14.2. The molecule has 1 atom stereocenters. The van der Waals surface area contributed by atoms with Gasteiger partial charge in [-0.25, -0.2) is 0 Å². The maximum Gasteiger partial charge on any atom is -0.0276 e. The molecule has 0 nitrogen and oxygen atoms in total. The van der Waals surface area contributed by atoms with Gasteiger partial charge in [0.25, 0.3) is 0 Å². The molecule has 1 saturated carbocycles. The van der Waals surface area contributed by atoms with Crippen LogP contribution in [0.2, 0.25) is 0 Å². The van der Waals surface area contributed by atoms with Gasteiger partial charge in [-0.1, -0.05) is 118 Å². The molecule has 0 amide bonds. The van der Waals surface area contributed by atoms with Gasteiger partial charge in [0.2, 0.25) is 0 Å². The lowest BCUT2D eigenvalue weighted by molar-refractivity contribution is 0.309. The van der Waals surface area contributed by atoms with Crippen molar-refractivity contribution in [2.45, 2.75) is 83.5 Å². The Morgan fingerprint density at radius 1 is 0.630 bits per heavy atom. The quantitative estimate of drug-likeness (QED) is 0.380. The van der Waals surface area contributed by atoms with Crippen LogP contribution in [0.4, 0.5) is 0 Å². The van der Waals surface area contributed by atoms with Crippen molar-refractivity contribution in [3.05, 3.63) is 71.8 Å². The summed E-state index contributed by atoms with van der Waals surface area (Å²) in [4.78, 5) is 0. The molecule has 1 unspecified atom stereocenters. The molecule has 1 fully saturated rings. The van der Waals surface area contributed by atoms with Gasteiger partial charge in [0, 0.05) is 0 Å². The van der Waals surface area contributed by atoms with Crippen LogP contribution in [0.5, 0.6) is 0 Å². The average molecular weight is 363 g/mol. The molecule has 2 aromatic rings. The van der Waals surface area contributed by atoms with Gasteiger partial charge in [0.05, 0.1) is 0 Å². The summed E-state index contributed by atoms with van der Waals surface area (Å²) in [6, 6.07) is 22.1. The van der Waals surface area contributed by atoms with Gasteiger partial charge in [-0.3, -0.25) is 0 Å². The molecule has 0 heterocycles. The van der Waals surface area contributed by atoms with Gasteiger partial charge >= 0.3 is 0 Å². The Hall–Kier alpha value is -1.56. The molecular formula is C27H38. The summed E-state index contributed by atoms with van der Waals surface area (Å²) >= 11 is 0.